The van der Waals surface area contributed by atoms with E-state index in [1.807, 2.05) is 6.92 Å². The second-order valence-corrected chi connectivity index (χ2v) is 6.90. The highest BCUT2D eigenvalue weighted by Crippen LogP contribution is 2.45. The summed E-state index contributed by atoms with van der Waals surface area (Å²) in [5.41, 5.74) is 0. The Balaban J connectivity index is 3.78. The van der Waals surface area contributed by atoms with E-state index in [1.165, 1.54) is 6.66 Å². The van der Waals surface area contributed by atoms with E-state index < -0.39 is 19.3 Å². The van der Waals surface area contributed by atoms with Gasteiger partial charge in [0.2, 0.25) is 0 Å². The Labute approximate surface area is 86.9 Å². The molecule has 0 saturated carbocycles. The van der Waals surface area contributed by atoms with Crippen molar-refractivity contribution in [3.8, 4) is 0 Å². The molecule has 1 atom stereocenters. The molecule has 0 aliphatic carbocycles. The van der Waals surface area contributed by atoms with Crippen LogP contribution in [-0.4, -0.2) is 26.1 Å². The average molecular weight is 250 g/mol. The lowest BCUT2D eigenvalue weighted by molar-refractivity contribution is -0.153. The monoisotopic (exact) mass is 250 g/mol. The molecule has 0 amide bonds. The average Bonchev–Trinajstić information content (AvgIpc) is 2.00. The van der Waals surface area contributed by atoms with E-state index in [1.54, 1.807) is 0 Å². The van der Waals surface area contributed by atoms with Crippen LogP contribution in [0.2, 0.25) is 0 Å². The predicted octanol–water partition coefficient (Wildman–Crippen LogP) is 3.32. The van der Waals surface area contributed by atoms with Gasteiger partial charge in [0.15, 0.2) is 6.49 Å². The van der Waals surface area contributed by atoms with E-state index >= 15 is 0 Å². The summed E-state index contributed by atoms with van der Waals surface area (Å²) in [5.74, 6) is 0. The van der Waals surface area contributed by atoms with Crippen molar-refractivity contribution in [2.75, 3.05) is 19.9 Å². The minimum absolute atomic E-state index is 0.363. The first-order valence-electron chi connectivity index (χ1n) is 4.20. The molecule has 0 saturated heterocycles. The second kappa shape index (κ2) is 6.05. The van der Waals surface area contributed by atoms with Gasteiger partial charge in [-0.15, -0.1) is 0 Å². The van der Waals surface area contributed by atoms with Crippen molar-refractivity contribution in [2.24, 2.45) is 0 Å². The van der Waals surface area contributed by atoms with Gasteiger partial charge in [-0.3, -0.25) is 0 Å². The summed E-state index contributed by atoms with van der Waals surface area (Å²) in [4.78, 5) is 0. The zero-order chi connectivity index (χ0) is 11.2. The molecule has 0 aromatic carbocycles. The van der Waals surface area contributed by atoms with Gasteiger partial charge in [0.25, 0.3) is 0 Å². The Morgan fingerprint density at radius 1 is 1.29 bits per heavy atom. The lowest BCUT2D eigenvalue weighted by Gasteiger charge is -2.18. The standard InChI is InChI=1S/C7H14F3O2PS/c1-3-4-5-11-13(2,14)12-6-7(8,9)10/h3-6H2,1-2H3. The van der Waals surface area contributed by atoms with E-state index in [-0.39, 0.29) is 0 Å². The van der Waals surface area contributed by atoms with Crippen molar-refractivity contribution in [2.45, 2.75) is 25.9 Å². The number of alkyl halides is 3. The van der Waals surface area contributed by atoms with E-state index in [4.69, 9.17) is 16.3 Å². The third-order valence-corrected chi connectivity index (χ3v) is 3.17. The minimum atomic E-state index is -4.34. The summed E-state index contributed by atoms with van der Waals surface area (Å²) in [5, 5.41) is 0. The molecule has 0 aromatic heterocycles. The Kier molecular flexibility index (Phi) is 6.21. The van der Waals surface area contributed by atoms with Crippen LogP contribution in [0.25, 0.3) is 0 Å². The van der Waals surface area contributed by atoms with Gasteiger partial charge >= 0.3 is 6.18 Å². The van der Waals surface area contributed by atoms with Gasteiger partial charge in [-0.25, -0.2) is 0 Å². The fourth-order valence-electron chi connectivity index (χ4n) is 0.602. The lowest BCUT2D eigenvalue weighted by Crippen LogP contribution is -2.16. The first kappa shape index (κ1) is 14.4. The lowest BCUT2D eigenvalue weighted by atomic mass is 10.4. The molecule has 7 heteroatoms. The maximum Gasteiger partial charge on any atom is 0.412 e. The largest absolute Gasteiger partial charge is 0.412 e. The molecule has 0 bridgehead atoms. The third kappa shape index (κ3) is 8.94. The number of unbranched alkanes of at least 4 members (excludes halogenated alkanes) is 1. The van der Waals surface area contributed by atoms with Crippen LogP contribution in [0.4, 0.5) is 13.2 Å². The van der Waals surface area contributed by atoms with Crippen molar-refractivity contribution < 1.29 is 22.2 Å². The molecule has 0 radical (unpaired) electrons. The summed E-state index contributed by atoms with van der Waals surface area (Å²) in [7, 11) is 0. The first-order chi connectivity index (χ1) is 6.27. The molecule has 0 aromatic rings. The van der Waals surface area contributed by atoms with Crippen LogP contribution in [0, 0.1) is 0 Å². The number of halogens is 3. The molecule has 0 aliphatic heterocycles. The van der Waals surface area contributed by atoms with Gasteiger partial charge in [0.1, 0.15) is 6.61 Å². The number of hydrogen-bond donors (Lipinski definition) is 0. The highest BCUT2D eigenvalue weighted by atomic mass is 32.5. The highest BCUT2D eigenvalue weighted by molar-refractivity contribution is 8.09. The molecule has 2 nitrogen and oxygen atoms in total. The van der Waals surface area contributed by atoms with Crippen LogP contribution >= 0.6 is 6.49 Å². The Hall–Kier alpha value is 0.360. The summed E-state index contributed by atoms with van der Waals surface area (Å²) >= 11 is 4.79. The molecule has 0 spiro atoms. The van der Waals surface area contributed by atoms with Crippen LogP contribution in [0.5, 0.6) is 0 Å². The molecular weight excluding hydrogens is 236 g/mol. The summed E-state index contributed by atoms with van der Waals surface area (Å²) in [6.07, 6.45) is -2.65. The van der Waals surface area contributed by atoms with E-state index in [0.29, 0.717) is 6.61 Å². The van der Waals surface area contributed by atoms with Gasteiger partial charge in [-0.1, -0.05) is 13.3 Å². The van der Waals surface area contributed by atoms with Crippen molar-refractivity contribution in [1.29, 1.82) is 0 Å². The highest BCUT2D eigenvalue weighted by Gasteiger charge is 2.30. The van der Waals surface area contributed by atoms with Crippen LogP contribution in [0.15, 0.2) is 0 Å². The second-order valence-electron chi connectivity index (χ2n) is 2.85. The Morgan fingerprint density at radius 3 is 2.29 bits per heavy atom. The molecule has 14 heavy (non-hydrogen) atoms. The molecule has 0 aliphatic rings. The zero-order valence-electron chi connectivity index (χ0n) is 8.13. The summed E-state index contributed by atoms with van der Waals surface area (Å²) in [6.45, 7) is -0.305. The summed E-state index contributed by atoms with van der Waals surface area (Å²) in [6, 6.07) is 0. The van der Waals surface area contributed by atoms with Gasteiger partial charge in [0.05, 0.1) is 6.61 Å². The van der Waals surface area contributed by atoms with E-state index in [0.717, 1.165) is 12.8 Å². The van der Waals surface area contributed by atoms with Crippen LogP contribution < -0.4 is 0 Å². The maximum atomic E-state index is 11.8. The topological polar surface area (TPSA) is 18.5 Å². The van der Waals surface area contributed by atoms with Crippen LogP contribution in [0.1, 0.15) is 19.8 Å². The molecule has 0 N–H and O–H groups in total. The quantitative estimate of drug-likeness (QED) is 0.532. The smallest absolute Gasteiger partial charge is 0.329 e. The number of rotatable bonds is 6. The van der Waals surface area contributed by atoms with Crippen molar-refractivity contribution in [3.05, 3.63) is 0 Å². The maximum absolute atomic E-state index is 11.8. The molecule has 1 unspecified atom stereocenters. The molecule has 86 valence electrons. The Bertz CT molecular complexity index is 208. The fraction of sp³-hybridized carbons (Fsp3) is 1.00. The van der Waals surface area contributed by atoms with Gasteiger partial charge < -0.3 is 9.05 Å². The normalized spacial score (nSPS) is 16.6. The zero-order valence-corrected chi connectivity index (χ0v) is 9.85. The van der Waals surface area contributed by atoms with Crippen molar-refractivity contribution in [3.63, 3.8) is 0 Å². The molecule has 0 heterocycles. The van der Waals surface area contributed by atoms with E-state index in [9.17, 15) is 13.2 Å². The summed E-state index contributed by atoms with van der Waals surface area (Å²) < 4.78 is 44.9. The van der Waals surface area contributed by atoms with E-state index in [2.05, 4.69) is 4.52 Å². The molecular formula is C7H14F3O2PS. The minimum Gasteiger partial charge on any atom is -0.329 e. The predicted molar refractivity (Wildman–Crippen MR) is 53.1 cm³/mol. The SMILES string of the molecule is CCCCOP(C)(=S)OCC(F)(F)F. The fourth-order valence-corrected chi connectivity index (χ4v) is 1.90. The molecule has 0 fully saturated rings. The van der Waals surface area contributed by atoms with Gasteiger partial charge in [0, 0.05) is 6.66 Å². The van der Waals surface area contributed by atoms with Crippen molar-refractivity contribution >= 4 is 18.3 Å². The van der Waals surface area contributed by atoms with Crippen LogP contribution in [-0.2, 0) is 20.9 Å². The number of hydrogen-bond acceptors (Lipinski definition) is 3. The molecule has 0 rings (SSSR count). The van der Waals surface area contributed by atoms with Crippen LogP contribution in [0.3, 0.4) is 0 Å². The third-order valence-electron chi connectivity index (χ3n) is 1.29. The Morgan fingerprint density at radius 2 is 1.86 bits per heavy atom. The first-order valence-corrected chi connectivity index (χ1v) is 7.29. The van der Waals surface area contributed by atoms with Gasteiger partial charge in [-0.05, 0) is 18.2 Å². The van der Waals surface area contributed by atoms with Gasteiger partial charge in [-0.2, -0.15) is 13.2 Å². The van der Waals surface area contributed by atoms with Crippen molar-refractivity contribution in [1.82, 2.24) is 0 Å².